The van der Waals surface area contributed by atoms with Crippen LogP contribution in [0.1, 0.15) is 10.4 Å². The molecular weight excluding hydrogens is 382 g/mol. The van der Waals surface area contributed by atoms with Gasteiger partial charge in [-0.1, -0.05) is 0 Å². The van der Waals surface area contributed by atoms with Crippen LogP contribution < -0.4 is 5.32 Å². The molecule has 0 fully saturated rings. The first-order valence-corrected chi connectivity index (χ1v) is 7.35. The van der Waals surface area contributed by atoms with E-state index in [0.717, 1.165) is 10.4 Å². The van der Waals surface area contributed by atoms with Gasteiger partial charge in [0.05, 0.1) is 8.49 Å². The molecule has 4 nitrogen and oxygen atoms in total. The molecule has 0 saturated carbocycles. The lowest BCUT2D eigenvalue weighted by atomic mass is 10.2. The Morgan fingerprint density at radius 1 is 1.53 bits per heavy atom. The second-order valence-electron chi connectivity index (χ2n) is 3.92. The Kier molecular flexibility index (Phi) is 4.35. The minimum absolute atomic E-state index is 0.111. The number of nitro groups is 1. The third-order valence-electron chi connectivity index (χ3n) is 2.64. The highest BCUT2D eigenvalue weighted by Gasteiger charge is 2.17. The van der Waals surface area contributed by atoms with Crippen molar-refractivity contribution in [2.45, 2.75) is 13.5 Å². The third kappa shape index (κ3) is 3.21. The third-order valence-corrected chi connectivity index (χ3v) is 4.49. The monoisotopic (exact) mass is 392 g/mol. The summed E-state index contributed by atoms with van der Waals surface area (Å²) < 4.78 is 13.7. The minimum atomic E-state index is -0.509. The molecule has 1 N–H and O–H groups in total. The smallest absolute Gasteiger partial charge is 0.293 e. The maximum atomic E-state index is 13.5. The maximum absolute atomic E-state index is 13.5. The summed E-state index contributed by atoms with van der Waals surface area (Å²) >= 11 is 3.30. The first-order valence-electron chi connectivity index (χ1n) is 5.39. The van der Waals surface area contributed by atoms with E-state index in [2.05, 4.69) is 5.32 Å². The van der Waals surface area contributed by atoms with E-state index < -0.39 is 10.7 Å². The van der Waals surface area contributed by atoms with Crippen LogP contribution in [-0.4, -0.2) is 4.92 Å². The van der Waals surface area contributed by atoms with Crippen LogP contribution in [0.25, 0.3) is 0 Å². The topological polar surface area (TPSA) is 55.2 Å². The summed E-state index contributed by atoms with van der Waals surface area (Å²) in [6, 6.07) is 4.38. The normalized spacial score (nSPS) is 10.5. The van der Waals surface area contributed by atoms with Crippen molar-refractivity contribution in [1.82, 2.24) is 0 Å². The molecule has 0 spiro atoms. The molecule has 1 aromatic carbocycles. The van der Waals surface area contributed by atoms with Crippen LogP contribution in [-0.2, 0) is 6.54 Å². The second-order valence-corrected chi connectivity index (χ2v) is 6.08. The van der Waals surface area contributed by atoms with Crippen molar-refractivity contribution in [3.05, 3.63) is 53.5 Å². The number of halogens is 2. The van der Waals surface area contributed by atoms with E-state index in [1.807, 2.05) is 18.4 Å². The number of anilines is 1. The molecule has 0 aliphatic rings. The summed E-state index contributed by atoms with van der Waals surface area (Å²) in [6.07, 6.45) is 0. The van der Waals surface area contributed by atoms with Gasteiger partial charge >= 0.3 is 0 Å². The van der Waals surface area contributed by atoms with Crippen molar-refractivity contribution >= 4 is 45.3 Å². The van der Waals surface area contributed by atoms with E-state index in [-0.39, 0.29) is 14.9 Å². The van der Waals surface area contributed by atoms with Gasteiger partial charge in [-0.15, -0.1) is 11.3 Å². The summed E-state index contributed by atoms with van der Waals surface area (Å²) in [5.74, 6) is -0.461. The van der Waals surface area contributed by atoms with Crippen LogP contribution in [0.4, 0.5) is 15.8 Å². The molecule has 2 aromatic rings. The average Bonchev–Trinajstić information content (AvgIpc) is 2.75. The van der Waals surface area contributed by atoms with Crippen molar-refractivity contribution in [2.75, 3.05) is 5.32 Å². The summed E-state index contributed by atoms with van der Waals surface area (Å²) in [7, 11) is 0. The van der Waals surface area contributed by atoms with Gasteiger partial charge in [0.15, 0.2) is 0 Å². The summed E-state index contributed by atoms with van der Waals surface area (Å²) in [5, 5.41) is 15.8. The first-order chi connectivity index (χ1) is 8.99. The molecule has 0 saturated heterocycles. The highest BCUT2D eigenvalue weighted by molar-refractivity contribution is 14.1. The molecule has 0 aliphatic heterocycles. The molecule has 100 valence electrons. The standard InChI is InChI=1S/C12H10FIN2O2S/c1-7-2-3-19-12(7)6-15-10-4-8(13)9(14)5-11(10)16(17)18/h2-5,15H,6H2,1H3. The number of hydrogen-bond acceptors (Lipinski definition) is 4. The molecule has 7 heteroatoms. The molecule has 0 bridgehead atoms. The first kappa shape index (κ1) is 14.2. The minimum Gasteiger partial charge on any atom is -0.374 e. The van der Waals surface area contributed by atoms with E-state index in [1.54, 1.807) is 33.9 Å². The fraction of sp³-hybridized carbons (Fsp3) is 0.167. The van der Waals surface area contributed by atoms with E-state index in [0.29, 0.717) is 6.54 Å². The van der Waals surface area contributed by atoms with Gasteiger partial charge in [0.25, 0.3) is 5.69 Å². The lowest BCUT2D eigenvalue weighted by Gasteiger charge is -2.07. The Bertz CT molecular complexity index is 630. The molecule has 1 heterocycles. The van der Waals surface area contributed by atoms with Gasteiger partial charge in [-0.2, -0.15) is 0 Å². The van der Waals surface area contributed by atoms with Gasteiger partial charge in [-0.3, -0.25) is 10.1 Å². The number of nitrogens with zero attached hydrogens (tertiary/aromatic N) is 1. The van der Waals surface area contributed by atoms with Gasteiger partial charge in [-0.25, -0.2) is 4.39 Å². The number of thiophene rings is 1. The van der Waals surface area contributed by atoms with Crippen molar-refractivity contribution < 1.29 is 9.31 Å². The molecule has 0 unspecified atom stereocenters. The molecular formula is C12H10FIN2O2S. The average molecular weight is 392 g/mol. The van der Waals surface area contributed by atoms with Crippen LogP contribution in [0.3, 0.4) is 0 Å². The van der Waals surface area contributed by atoms with Gasteiger partial charge < -0.3 is 5.32 Å². The van der Waals surface area contributed by atoms with Crippen LogP contribution in [0.15, 0.2) is 23.6 Å². The molecule has 0 atom stereocenters. The maximum Gasteiger partial charge on any atom is 0.293 e. The van der Waals surface area contributed by atoms with Crippen molar-refractivity contribution in [2.24, 2.45) is 0 Å². The summed E-state index contributed by atoms with van der Waals surface area (Å²) in [5.41, 5.74) is 1.21. The zero-order valence-corrected chi connectivity index (χ0v) is 12.9. The van der Waals surface area contributed by atoms with Crippen LogP contribution in [0.2, 0.25) is 0 Å². The quantitative estimate of drug-likeness (QED) is 0.479. The zero-order chi connectivity index (χ0) is 14.0. The number of aryl methyl sites for hydroxylation is 1. The highest BCUT2D eigenvalue weighted by atomic mass is 127. The lowest BCUT2D eigenvalue weighted by molar-refractivity contribution is -0.384. The SMILES string of the molecule is Cc1ccsc1CNc1cc(F)c(I)cc1[N+](=O)[O-]. The number of nitrogens with one attached hydrogen (secondary N) is 1. The Labute approximate surface area is 126 Å². The predicted octanol–water partition coefficient (Wildman–Crippen LogP) is 4.32. The van der Waals surface area contributed by atoms with E-state index in [4.69, 9.17) is 0 Å². The fourth-order valence-electron chi connectivity index (χ4n) is 1.59. The number of benzene rings is 1. The van der Waals surface area contributed by atoms with Crippen molar-refractivity contribution in [3.63, 3.8) is 0 Å². The fourth-order valence-corrected chi connectivity index (χ4v) is 2.89. The predicted molar refractivity (Wildman–Crippen MR) is 82.2 cm³/mol. The molecule has 0 aliphatic carbocycles. The van der Waals surface area contributed by atoms with E-state index >= 15 is 0 Å². The summed E-state index contributed by atoms with van der Waals surface area (Å²) in [4.78, 5) is 11.5. The number of nitro benzene ring substituents is 1. The van der Waals surface area contributed by atoms with E-state index in [1.165, 1.54) is 12.1 Å². The Morgan fingerprint density at radius 3 is 2.84 bits per heavy atom. The van der Waals surface area contributed by atoms with Crippen molar-refractivity contribution in [3.8, 4) is 0 Å². The van der Waals surface area contributed by atoms with Crippen LogP contribution >= 0.6 is 33.9 Å². The highest BCUT2D eigenvalue weighted by Crippen LogP contribution is 2.29. The van der Waals surface area contributed by atoms with Gasteiger partial charge in [-0.05, 0) is 46.5 Å². The lowest BCUT2D eigenvalue weighted by Crippen LogP contribution is -2.03. The Balaban J connectivity index is 2.26. The Morgan fingerprint density at radius 2 is 2.26 bits per heavy atom. The molecule has 19 heavy (non-hydrogen) atoms. The largest absolute Gasteiger partial charge is 0.374 e. The molecule has 2 rings (SSSR count). The molecule has 0 radical (unpaired) electrons. The van der Waals surface area contributed by atoms with Crippen molar-refractivity contribution in [1.29, 1.82) is 0 Å². The number of hydrogen-bond donors (Lipinski definition) is 1. The number of rotatable bonds is 4. The Hall–Kier alpha value is -1.22. The van der Waals surface area contributed by atoms with Crippen LogP contribution in [0, 0.1) is 26.4 Å². The molecule has 0 amide bonds. The molecule has 1 aromatic heterocycles. The summed E-state index contributed by atoms with van der Waals surface area (Å²) in [6.45, 7) is 2.42. The van der Waals surface area contributed by atoms with Crippen LogP contribution in [0.5, 0.6) is 0 Å². The second kappa shape index (κ2) is 5.83. The van der Waals surface area contributed by atoms with Gasteiger partial charge in [0.2, 0.25) is 0 Å². The van der Waals surface area contributed by atoms with Gasteiger partial charge in [0.1, 0.15) is 11.5 Å². The van der Waals surface area contributed by atoms with E-state index in [9.17, 15) is 14.5 Å². The zero-order valence-electron chi connectivity index (χ0n) is 9.94. The van der Waals surface area contributed by atoms with Gasteiger partial charge in [0, 0.05) is 23.6 Å².